The van der Waals surface area contributed by atoms with Crippen LogP contribution in [0.15, 0.2) is 0 Å². The number of rotatable bonds is 3. The van der Waals surface area contributed by atoms with Gasteiger partial charge in [-0.25, -0.2) is 8.42 Å². The van der Waals surface area contributed by atoms with Crippen molar-refractivity contribution >= 4 is 37.4 Å². The Morgan fingerprint density at radius 3 is 1.05 bits per heavy atom. The smallest absolute Gasteiger partial charge is 0.724 e. The van der Waals surface area contributed by atoms with Crippen LogP contribution in [-0.2, 0) is 39.9 Å². The molecule has 0 unspecified atom stereocenters. The maximum atomic E-state index is 9.48. The van der Waals surface area contributed by atoms with E-state index in [1.165, 1.54) is 0 Å². The molecule has 118 valence electrons. The SMILES string of the molecule is O=C([O-])[O-].O=S(=O)(O)O.O=S(=O)([O-])OOS(=O)(=O)O.[K+].[K+].[Na+]. The Morgan fingerprint density at radius 2 is 1.00 bits per heavy atom. The van der Waals surface area contributed by atoms with Crippen LogP contribution in [0.5, 0.6) is 0 Å². The molecule has 3 N–H and O–H groups in total. The first-order valence-electron chi connectivity index (χ1n) is 2.83. The number of carbonyl (C=O) groups is 1. The Bertz CT molecular complexity index is 514. The number of carboxylic acid groups (broad SMARTS) is 2. The second-order valence-electron chi connectivity index (χ2n) is 1.67. The minimum Gasteiger partial charge on any atom is -0.724 e. The Labute approximate surface area is 231 Å². The molecule has 0 spiro atoms. The van der Waals surface area contributed by atoms with E-state index < -0.39 is 37.4 Å². The van der Waals surface area contributed by atoms with Crippen molar-refractivity contribution in [2.45, 2.75) is 0 Å². The van der Waals surface area contributed by atoms with E-state index in [-0.39, 0.29) is 132 Å². The first-order chi connectivity index (χ1) is 7.94. The number of hydrogen-bond donors (Lipinski definition) is 3. The van der Waals surface area contributed by atoms with Gasteiger partial charge in [0.1, 0.15) is 0 Å². The van der Waals surface area contributed by atoms with Gasteiger partial charge in [0, 0.05) is 0 Å². The normalized spacial score (nSPS) is 9.82. The topological polar surface area (TPSA) is 268 Å². The zero-order chi connectivity index (χ0) is 16.5. The largest absolute Gasteiger partial charge is 1.00 e. The van der Waals surface area contributed by atoms with E-state index in [0.29, 0.717) is 0 Å². The molecule has 0 aliphatic rings. The van der Waals surface area contributed by atoms with Crippen LogP contribution in [0.3, 0.4) is 0 Å². The summed E-state index contributed by atoms with van der Waals surface area (Å²) in [4.78, 5) is 8.33. The predicted octanol–water partition coefficient (Wildman–Crippen LogP) is -13.9. The molecule has 0 rings (SSSR count). The van der Waals surface area contributed by atoms with Crippen LogP contribution in [0.1, 0.15) is 0 Å². The van der Waals surface area contributed by atoms with Crippen molar-refractivity contribution in [2.24, 2.45) is 0 Å². The Hall–Kier alpha value is 3.15. The summed E-state index contributed by atoms with van der Waals surface area (Å²) in [7, 11) is -15.0. The molecular formula is CH3K2NaO15S3. The summed E-state index contributed by atoms with van der Waals surface area (Å²) in [6.45, 7) is 0. The van der Waals surface area contributed by atoms with Gasteiger partial charge in [0.15, 0.2) is 0 Å². The fourth-order valence-corrected chi connectivity index (χ4v) is 0.622. The van der Waals surface area contributed by atoms with E-state index in [0.717, 1.165) is 0 Å². The third kappa shape index (κ3) is 110. The van der Waals surface area contributed by atoms with Crippen molar-refractivity contribution in [3.63, 3.8) is 0 Å². The third-order valence-electron chi connectivity index (χ3n) is 0.197. The van der Waals surface area contributed by atoms with E-state index in [1.807, 2.05) is 0 Å². The van der Waals surface area contributed by atoms with Gasteiger partial charge in [-0.05, 0) is 6.16 Å². The molecule has 0 heterocycles. The maximum Gasteiger partial charge on any atom is 1.00 e. The summed E-state index contributed by atoms with van der Waals surface area (Å²) in [6.07, 6.45) is -2.33. The summed E-state index contributed by atoms with van der Waals surface area (Å²) >= 11 is 0. The molecule has 21 heteroatoms. The van der Waals surface area contributed by atoms with Gasteiger partial charge in [0.05, 0.1) is 0 Å². The Morgan fingerprint density at radius 1 is 0.818 bits per heavy atom. The van der Waals surface area contributed by atoms with Gasteiger partial charge in [0.2, 0.25) is 10.4 Å². The summed E-state index contributed by atoms with van der Waals surface area (Å²) in [5.74, 6) is 0. The van der Waals surface area contributed by atoms with Gasteiger partial charge >= 0.3 is 153 Å². The average molecular weight is 452 g/mol. The van der Waals surface area contributed by atoms with Gasteiger partial charge in [-0.15, -0.1) is 0 Å². The molecule has 0 saturated heterocycles. The zero-order valence-corrected chi connectivity index (χ0v) is 21.7. The second kappa shape index (κ2) is 18.9. The maximum absolute atomic E-state index is 9.48. The van der Waals surface area contributed by atoms with Crippen LogP contribution in [0.4, 0.5) is 4.79 Å². The molecule has 0 saturated carbocycles. The van der Waals surface area contributed by atoms with Crippen molar-refractivity contribution in [3.05, 3.63) is 0 Å². The average Bonchev–Trinajstić information content (AvgIpc) is 1.93. The fraction of sp³-hybridized carbons (Fsp3) is 0. The summed E-state index contributed by atoms with van der Waals surface area (Å²) in [6, 6.07) is 0. The van der Waals surface area contributed by atoms with Crippen LogP contribution < -0.4 is 143 Å². The molecule has 15 nitrogen and oxygen atoms in total. The Kier molecular flexibility index (Phi) is 34.4. The second-order valence-corrected chi connectivity index (χ2v) is 4.51. The molecule has 0 amide bonds. The van der Waals surface area contributed by atoms with Gasteiger partial charge in [-0.3, -0.25) is 13.7 Å². The Balaban J connectivity index is -0.0000000461. The summed E-state index contributed by atoms with van der Waals surface area (Å²) in [5, 5.41) is 16.7. The minimum atomic E-state index is -5.27. The van der Waals surface area contributed by atoms with Crippen molar-refractivity contribution in [3.8, 4) is 0 Å². The summed E-state index contributed by atoms with van der Waals surface area (Å²) in [5.41, 5.74) is 0. The minimum absolute atomic E-state index is 0. The molecule has 0 aromatic carbocycles. The van der Waals surface area contributed by atoms with Crippen LogP contribution in [-0.4, -0.2) is 49.6 Å². The van der Waals surface area contributed by atoms with E-state index in [4.69, 9.17) is 37.1 Å². The van der Waals surface area contributed by atoms with Gasteiger partial charge in [-0.1, -0.05) is 8.67 Å². The zero-order valence-electron chi connectivity index (χ0n) is 11.0. The van der Waals surface area contributed by atoms with Gasteiger partial charge < -0.3 is 19.6 Å². The van der Waals surface area contributed by atoms with Crippen molar-refractivity contribution in [1.82, 2.24) is 0 Å². The number of hydrogen-bond acceptors (Lipinski definition) is 12. The van der Waals surface area contributed by atoms with Gasteiger partial charge in [-0.2, -0.15) is 16.8 Å². The third-order valence-corrected chi connectivity index (χ3v) is 0.758. The van der Waals surface area contributed by atoms with Crippen molar-refractivity contribution in [1.29, 1.82) is 0 Å². The quantitative estimate of drug-likeness (QED) is 0.118. The molecule has 0 bridgehead atoms. The van der Waals surface area contributed by atoms with Crippen molar-refractivity contribution < 1.29 is 199 Å². The molecule has 0 aliphatic carbocycles. The molecule has 0 aliphatic heterocycles. The standard InChI is InChI=1S/CH2O3.2K.Na.H2O8S2.H2O4S/c2-1(3)4;;;;1-9(2,3)7-8-10(4,5)6;1-5(2,3)4/h(H2,2,3,4);;;;(H,1,2,3)(H,4,5,6);(H2,1,2,3,4)/q;3*+1;;/p-3. The van der Waals surface area contributed by atoms with Crippen LogP contribution in [0.25, 0.3) is 0 Å². The molecule has 0 aromatic heterocycles. The van der Waals surface area contributed by atoms with E-state index >= 15 is 0 Å². The first kappa shape index (κ1) is 40.0. The monoisotopic (exact) mass is 452 g/mol. The first-order valence-corrected chi connectivity index (χ1v) is 6.92. The molecular weight excluding hydrogens is 449 g/mol. The number of carbonyl (C=O) groups excluding carboxylic acids is 1. The molecule has 0 aromatic rings. The van der Waals surface area contributed by atoms with Crippen LogP contribution >= 0.6 is 0 Å². The van der Waals surface area contributed by atoms with E-state index in [9.17, 15) is 21.4 Å². The van der Waals surface area contributed by atoms with E-state index in [1.54, 1.807) is 0 Å². The molecule has 0 fully saturated rings. The fourth-order valence-electron chi connectivity index (χ4n) is 0.0691. The van der Waals surface area contributed by atoms with Crippen molar-refractivity contribution in [2.75, 3.05) is 0 Å². The van der Waals surface area contributed by atoms with E-state index in [2.05, 4.69) is 8.67 Å². The predicted molar refractivity (Wildman–Crippen MR) is 43.0 cm³/mol. The summed E-state index contributed by atoms with van der Waals surface area (Å²) < 4.78 is 91.7. The van der Waals surface area contributed by atoms with Gasteiger partial charge in [0.25, 0.3) is 0 Å². The van der Waals surface area contributed by atoms with Crippen LogP contribution in [0.2, 0.25) is 0 Å². The molecule has 22 heavy (non-hydrogen) atoms. The van der Waals surface area contributed by atoms with Crippen LogP contribution in [0, 0.1) is 0 Å². The molecule has 0 atom stereocenters. The molecule has 0 radical (unpaired) electrons.